The molecule has 1 saturated carbocycles. The van der Waals surface area contributed by atoms with Crippen LogP contribution in [0.3, 0.4) is 0 Å². The van der Waals surface area contributed by atoms with Crippen molar-refractivity contribution in [3.8, 4) is 0 Å². The van der Waals surface area contributed by atoms with E-state index in [-0.39, 0.29) is 23.9 Å². The quantitative estimate of drug-likeness (QED) is 0.843. The van der Waals surface area contributed by atoms with E-state index >= 15 is 0 Å². The number of pyridine rings is 1. The first-order chi connectivity index (χ1) is 8.94. The maximum absolute atomic E-state index is 11.7. The Bertz CT molecular complexity index is 575. The van der Waals surface area contributed by atoms with E-state index in [0.717, 1.165) is 0 Å². The van der Waals surface area contributed by atoms with E-state index in [9.17, 15) is 18.0 Å². The molecule has 1 aromatic rings. The molecule has 1 aliphatic rings. The van der Waals surface area contributed by atoms with Gasteiger partial charge in [0.25, 0.3) is 0 Å². The van der Waals surface area contributed by atoms with E-state index in [0.29, 0.717) is 18.4 Å². The van der Waals surface area contributed by atoms with Crippen molar-refractivity contribution in [1.82, 2.24) is 9.71 Å². The van der Waals surface area contributed by atoms with Gasteiger partial charge in [0.15, 0.2) is 0 Å². The van der Waals surface area contributed by atoms with Gasteiger partial charge < -0.3 is 0 Å². The Kier molecular flexibility index (Phi) is 3.94. The summed E-state index contributed by atoms with van der Waals surface area (Å²) < 4.78 is 25.5. The van der Waals surface area contributed by atoms with Gasteiger partial charge in [0.05, 0.1) is 5.75 Å². The smallest absolute Gasteiger partial charge is 0.239 e. The van der Waals surface area contributed by atoms with E-state index in [1.807, 2.05) is 4.72 Å². The Labute approximate surface area is 111 Å². The highest BCUT2D eigenvalue weighted by molar-refractivity contribution is 7.89. The van der Waals surface area contributed by atoms with Gasteiger partial charge in [0, 0.05) is 31.7 Å². The fourth-order valence-corrected chi connectivity index (χ4v) is 3.06. The summed E-state index contributed by atoms with van der Waals surface area (Å²) in [6.07, 6.45) is 3.81. The van der Waals surface area contributed by atoms with Crippen LogP contribution in [0.15, 0.2) is 24.5 Å². The van der Waals surface area contributed by atoms with Gasteiger partial charge in [-0.05, 0) is 17.5 Å². The second-order valence-corrected chi connectivity index (χ2v) is 6.38. The average Bonchev–Trinajstić information content (AvgIpc) is 2.26. The van der Waals surface area contributed by atoms with Gasteiger partial charge in [0.1, 0.15) is 5.78 Å². The minimum Gasteiger partial charge on any atom is -0.300 e. The highest BCUT2D eigenvalue weighted by Crippen LogP contribution is 2.25. The van der Waals surface area contributed by atoms with Crippen molar-refractivity contribution in [3.63, 3.8) is 0 Å². The summed E-state index contributed by atoms with van der Waals surface area (Å²) in [7, 11) is -3.70. The summed E-state index contributed by atoms with van der Waals surface area (Å²) in [6, 6.07) is 3.26. The second-order valence-electron chi connectivity index (χ2n) is 4.66. The SMILES string of the molecule is O=C1CC(CC(=O)NS(=O)(=O)Cc2cccnc2)C1. The van der Waals surface area contributed by atoms with Gasteiger partial charge >= 0.3 is 0 Å². The molecule has 0 unspecified atom stereocenters. The van der Waals surface area contributed by atoms with Crippen LogP contribution in [-0.2, 0) is 25.4 Å². The van der Waals surface area contributed by atoms with Crippen LogP contribution in [0.2, 0.25) is 0 Å². The average molecular weight is 282 g/mol. The molecule has 1 fully saturated rings. The lowest BCUT2D eigenvalue weighted by Gasteiger charge is -2.22. The third-order valence-corrected chi connectivity index (χ3v) is 4.11. The number of aromatic nitrogens is 1. The van der Waals surface area contributed by atoms with Crippen molar-refractivity contribution >= 4 is 21.7 Å². The van der Waals surface area contributed by atoms with Gasteiger partial charge in [0.2, 0.25) is 15.9 Å². The number of hydrogen-bond donors (Lipinski definition) is 1. The number of nitrogens with one attached hydrogen (secondary N) is 1. The molecule has 1 aromatic heterocycles. The minimum absolute atomic E-state index is 0.0129. The molecule has 1 aliphatic carbocycles. The Balaban J connectivity index is 1.86. The van der Waals surface area contributed by atoms with Crippen molar-refractivity contribution in [1.29, 1.82) is 0 Å². The second kappa shape index (κ2) is 5.48. The first-order valence-electron chi connectivity index (χ1n) is 5.88. The zero-order chi connectivity index (χ0) is 13.9. The number of ketones is 1. The molecule has 1 N–H and O–H groups in total. The van der Waals surface area contributed by atoms with Crippen LogP contribution < -0.4 is 4.72 Å². The molecule has 0 saturated heterocycles. The number of sulfonamides is 1. The summed E-state index contributed by atoms with van der Waals surface area (Å²) >= 11 is 0. The summed E-state index contributed by atoms with van der Waals surface area (Å²) in [4.78, 5) is 26.1. The van der Waals surface area contributed by atoms with Crippen LogP contribution in [0.1, 0.15) is 24.8 Å². The summed E-state index contributed by atoms with van der Waals surface area (Å²) in [5.41, 5.74) is 0.515. The third kappa shape index (κ3) is 4.13. The fraction of sp³-hybridized carbons (Fsp3) is 0.417. The lowest BCUT2D eigenvalue weighted by molar-refractivity contribution is -0.129. The predicted octanol–water partition coefficient (Wildman–Crippen LogP) is 0.397. The molecule has 7 heteroatoms. The maximum Gasteiger partial charge on any atom is 0.239 e. The lowest BCUT2D eigenvalue weighted by atomic mass is 9.81. The molecule has 0 radical (unpaired) electrons. The van der Waals surface area contributed by atoms with Crippen LogP contribution in [0.25, 0.3) is 0 Å². The highest BCUT2D eigenvalue weighted by Gasteiger charge is 2.29. The van der Waals surface area contributed by atoms with E-state index in [4.69, 9.17) is 0 Å². The predicted molar refractivity (Wildman–Crippen MR) is 67.4 cm³/mol. The van der Waals surface area contributed by atoms with E-state index < -0.39 is 15.9 Å². The molecule has 1 amide bonds. The summed E-state index contributed by atoms with van der Waals surface area (Å²) in [5, 5.41) is 0. The number of amides is 1. The van der Waals surface area contributed by atoms with Crippen LogP contribution in [0.5, 0.6) is 0 Å². The first kappa shape index (κ1) is 13.7. The van der Waals surface area contributed by atoms with Crippen molar-refractivity contribution in [3.05, 3.63) is 30.1 Å². The number of carbonyl (C=O) groups is 2. The molecule has 1 heterocycles. The zero-order valence-corrected chi connectivity index (χ0v) is 11.0. The zero-order valence-electron chi connectivity index (χ0n) is 10.2. The number of carbonyl (C=O) groups excluding carboxylic acids is 2. The molecule has 0 bridgehead atoms. The Morgan fingerprint density at radius 2 is 2.16 bits per heavy atom. The van der Waals surface area contributed by atoms with Gasteiger partial charge in [-0.25, -0.2) is 8.42 Å². The van der Waals surface area contributed by atoms with Crippen molar-refractivity contribution in [2.45, 2.75) is 25.0 Å². The molecule has 19 heavy (non-hydrogen) atoms. The van der Waals surface area contributed by atoms with Gasteiger partial charge in [-0.15, -0.1) is 0 Å². The van der Waals surface area contributed by atoms with Gasteiger partial charge in [-0.3, -0.25) is 19.3 Å². The third-order valence-electron chi connectivity index (χ3n) is 2.86. The molecular formula is C12H14N2O4S. The molecule has 2 rings (SSSR count). The monoisotopic (exact) mass is 282 g/mol. The Morgan fingerprint density at radius 3 is 2.74 bits per heavy atom. The van der Waals surface area contributed by atoms with Gasteiger partial charge in [-0.2, -0.15) is 0 Å². The lowest BCUT2D eigenvalue weighted by Crippen LogP contribution is -2.35. The van der Waals surface area contributed by atoms with Crippen LogP contribution >= 0.6 is 0 Å². The maximum atomic E-state index is 11.7. The normalized spacial score (nSPS) is 15.9. The van der Waals surface area contributed by atoms with Crippen LogP contribution in [0.4, 0.5) is 0 Å². The Morgan fingerprint density at radius 1 is 1.42 bits per heavy atom. The number of hydrogen-bond acceptors (Lipinski definition) is 5. The topological polar surface area (TPSA) is 93.2 Å². The minimum atomic E-state index is -3.70. The molecule has 0 aromatic carbocycles. The van der Waals surface area contributed by atoms with E-state index in [1.165, 1.54) is 6.20 Å². The molecule has 0 atom stereocenters. The van der Waals surface area contributed by atoms with Crippen molar-refractivity contribution < 1.29 is 18.0 Å². The highest BCUT2D eigenvalue weighted by atomic mass is 32.2. The first-order valence-corrected chi connectivity index (χ1v) is 7.54. The molecule has 6 nitrogen and oxygen atoms in total. The number of nitrogens with zero attached hydrogens (tertiary/aromatic N) is 1. The number of Topliss-reactive ketones (excluding diaryl/α,β-unsaturated/α-hetero) is 1. The standard InChI is InChI=1S/C12H14N2O4S/c15-11-4-10(5-11)6-12(16)14-19(17,18)8-9-2-1-3-13-7-9/h1-3,7,10H,4-6,8H2,(H,14,16). The number of rotatable bonds is 5. The molecule has 0 aliphatic heterocycles. The largest absolute Gasteiger partial charge is 0.300 e. The van der Waals surface area contributed by atoms with Crippen LogP contribution in [0, 0.1) is 5.92 Å². The van der Waals surface area contributed by atoms with Crippen LogP contribution in [-0.4, -0.2) is 25.1 Å². The Hall–Kier alpha value is -1.76. The molecule has 102 valence electrons. The van der Waals surface area contributed by atoms with Crippen molar-refractivity contribution in [2.75, 3.05) is 0 Å². The molecular weight excluding hydrogens is 268 g/mol. The van der Waals surface area contributed by atoms with E-state index in [1.54, 1.807) is 18.3 Å². The van der Waals surface area contributed by atoms with E-state index in [2.05, 4.69) is 4.98 Å². The fourth-order valence-electron chi connectivity index (χ4n) is 1.94. The summed E-state index contributed by atoms with van der Waals surface area (Å²) in [5.74, 6) is -0.727. The molecule has 0 spiro atoms. The summed E-state index contributed by atoms with van der Waals surface area (Å²) in [6.45, 7) is 0. The van der Waals surface area contributed by atoms with Gasteiger partial charge in [-0.1, -0.05) is 6.07 Å². The van der Waals surface area contributed by atoms with Crippen molar-refractivity contribution in [2.24, 2.45) is 5.92 Å².